The molecule has 0 atom stereocenters. The van der Waals surface area contributed by atoms with Gasteiger partial charge in [-0.15, -0.1) is 0 Å². The van der Waals surface area contributed by atoms with Crippen LogP contribution in [0.5, 0.6) is 5.75 Å². The van der Waals surface area contributed by atoms with Gasteiger partial charge in [-0.25, -0.2) is 0 Å². The molecule has 0 radical (unpaired) electrons. The first kappa shape index (κ1) is 14.4. The molecule has 0 spiro atoms. The van der Waals surface area contributed by atoms with Crippen LogP contribution in [-0.2, 0) is 16.0 Å². The molecule has 0 fully saturated rings. The normalized spacial score (nSPS) is 9.53. The van der Waals surface area contributed by atoms with Crippen LogP contribution >= 0.6 is 0 Å². The molecule has 0 aliphatic heterocycles. The number of hydrogen-bond acceptors (Lipinski definition) is 6. The van der Waals surface area contributed by atoms with Gasteiger partial charge in [0.05, 0.1) is 42.3 Å². The molecular formula is C12H12N2O5. The van der Waals surface area contributed by atoms with Crippen LogP contribution in [0.1, 0.15) is 18.1 Å². The molecule has 1 rings (SSSR count). The standard InChI is InChI=1S/C12H12N2O5/c1-3-19-12(15)6-9-10(14(16)17)4-8(7-13)5-11(9)18-2/h4-5H,3,6H2,1-2H3. The van der Waals surface area contributed by atoms with Crippen molar-refractivity contribution in [2.45, 2.75) is 13.3 Å². The smallest absolute Gasteiger partial charge is 0.310 e. The van der Waals surface area contributed by atoms with Crippen LogP contribution in [0, 0.1) is 21.4 Å². The highest BCUT2D eigenvalue weighted by molar-refractivity contribution is 5.76. The lowest BCUT2D eigenvalue weighted by atomic mass is 10.1. The maximum atomic E-state index is 11.4. The minimum absolute atomic E-state index is 0.0937. The largest absolute Gasteiger partial charge is 0.496 e. The Morgan fingerprint density at radius 2 is 2.21 bits per heavy atom. The van der Waals surface area contributed by atoms with Gasteiger partial charge < -0.3 is 9.47 Å². The molecule has 19 heavy (non-hydrogen) atoms. The molecule has 1 aromatic carbocycles. The third-order valence-electron chi connectivity index (χ3n) is 2.36. The summed E-state index contributed by atoms with van der Waals surface area (Å²) in [7, 11) is 1.31. The fourth-order valence-electron chi connectivity index (χ4n) is 1.57. The summed E-state index contributed by atoms with van der Waals surface area (Å²) < 4.78 is 9.75. The van der Waals surface area contributed by atoms with Gasteiger partial charge in [-0.3, -0.25) is 14.9 Å². The third-order valence-corrected chi connectivity index (χ3v) is 2.36. The van der Waals surface area contributed by atoms with E-state index in [2.05, 4.69) is 0 Å². The number of nitro benzene ring substituents is 1. The molecule has 100 valence electrons. The van der Waals surface area contributed by atoms with Gasteiger partial charge in [-0.2, -0.15) is 5.26 Å². The quantitative estimate of drug-likeness (QED) is 0.454. The zero-order valence-corrected chi connectivity index (χ0v) is 10.5. The van der Waals surface area contributed by atoms with Crippen LogP contribution < -0.4 is 4.74 Å². The van der Waals surface area contributed by atoms with Gasteiger partial charge in [0, 0.05) is 6.07 Å². The molecule has 7 heteroatoms. The van der Waals surface area contributed by atoms with Gasteiger partial charge in [-0.1, -0.05) is 0 Å². The van der Waals surface area contributed by atoms with Crippen molar-refractivity contribution in [1.82, 2.24) is 0 Å². The van der Waals surface area contributed by atoms with E-state index in [1.54, 1.807) is 13.0 Å². The molecule has 7 nitrogen and oxygen atoms in total. The second kappa shape index (κ2) is 6.35. The maximum Gasteiger partial charge on any atom is 0.310 e. The van der Waals surface area contributed by atoms with E-state index in [1.807, 2.05) is 0 Å². The third kappa shape index (κ3) is 3.42. The Kier molecular flexibility index (Phi) is 4.83. The lowest BCUT2D eigenvalue weighted by Gasteiger charge is -2.09. The molecule has 0 unspecified atom stereocenters. The minimum Gasteiger partial charge on any atom is -0.496 e. The fourth-order valence-corrected chi connectivity index (χ4v) is 1.57. The predicted molar refractivity (Wildman–Crippen MR) is 64.7 cm³/mol. The summed E-state index contributed by atoms with van der Waals surface area (Å²) in [4.78, 5) is 21.8. The van der Waals surface area contributed by atoms with E-state index in [0.717, 1.165) is 6.07 Å². The van der Waals surface area contributed by atoms with E-state index in [1.165, 1.54) is 13.2 Å². The number of carbonyl (C=O) groups excluding carboxylic acids is 1. The molecule has 0 amide bonds. The SMILES string of the molecule is CCOC(=O)Cc1c(OC)cc(C#N)cc1[N+](=O)[O-]. The Bertz CT molecular complexity index is 548. The molecule has 0 N–H and O–H groups in total. The lowest BCUT2D eigenvalue weighted by Crippen LogP contribution is -2.10. The number of benzene rings is 1. The number of carbonyl (C=O) groups is 1. The molecule has 0 saturated carbocycles. The van der Waals surface area contributed by atoms with Crippen molar-refractivity contribution in [3.05, 3.63) is 33.4 Å². The Labute approximate surface area is 109 Å². The zero-order chi connectivity index (χ0) is 14.4. The van der Waals surface area contributed by atoms with Crippen LogP contribution in [0.15, 0.2) is 12.1 Å². The van der Waals surface area contributed by atoms with E-state index in [4.69, 9.17) is 14.7 Å². The summed E-state index contributed by atoms with van der Waals surface area (Å²) >= 11 is 0. The van der Waals surface area contributed by atoms with Crippen LogP contribution in [0.3, 0.4) is 0 Å². The van der Waals surface area contributed by atoms with Crippen molar-refractivity contribution in [2.24, 2.45) is 0 Å². The summed E-state index contributed by atoms with van der Waals surface area (Å²) in [6.45, 7) is 1.83. The first-order valence-corrected chi connectivity index (χ1v) is 5.44. The number of nitrogens with zero attached hydrogens (tertiary/aromatic N) is 2. The van der Waals surface area contributed by atoms with Gasteiger partial charge >= 0.3 is 5.97 Å². The van der Waals surface area contributed by atoms with Gasteiger partial charge in [0.15, 0.2) is 0 Å². The van der Waals surface area contributed by atoms with Crippen LogP contribution in [0.4, 0.5) is 5.69 Å². The lowest BCUT2D eigenvalue weighted by molar-refractivity contribution is -0.385. The number of nitriles is 1. The number of ether oxygens (including phenoxy) is 2. The highest BCUT2D eigenvalue weighted by atomic mass is 16.6. The van der Waals surface area contributed by atoms with Crippen molar-refractivity contribution >= 4 is 11.7 Å². The second-order valence-corrected chi connectivity index (χ2v) is 3.53. The molecule has 0 saturated heterocycles. The highest BCUT2D eigenvalue weighted by Crippen LogP contribution is 2.30. The monoisotopic (exact) mass is 264 g/mol. The number of rotatable bonds is 5. The van der Waals surface area contributed by atoms with E-state index in [-0.39, 0.29) is 35.6 Å². The zero-order valence-electron chi connectivity index (χ0n) is 10.5. The van der Waals surface area contributed by atoms with Gasteiger partial charge in [0.2, 0.25) is 0 Å². The van der Waals surface area contributed by atoms with Gasteiger partial charge in [-0.05, 0) is 13.0 Å². The topological polar surface area (TPSA) is 102 Å². The highest BCUT2D eigenvalue weighted by Gasteiger charge is 2.23. The van der Waals surface area contributed by atoms with Crippen LogP contribution in [0.25, 0.3) is 0 Å². The van der Waals surface area contributed by atoms with Crippen molar-refractivity contribution in [3.8, 4) is 11.8 Å². The van der Waals surface area contributed by atoms with Crippen molar-refractivity contribution in [2.75, 3.05) is 13.7 Å². The van der Waals surface area contributed by atoms with Gasteiger partial charge in [0.1, 0.15) is 5.75 Å². The summed E-state index contributed by atoms with van der Waals surface area (Å²) in [5.74, 6) is -0.465. The number of hydrogen-bond donors (Lipinski definition) is 0. The minimum atomic E-state index is -0.655. The van der Waals surface area contributed by atoms with Gasteiger partial charge in [0.25, 0.3) is 5.69 Å². The summed E-state index contributed by atoms with van der Waals surface area (Å²) in [6.07, 6.45) is -0.279. The summed E-state index contributed by atoms with van der Waals surface area (Å²) in [6, 6.07) is 4.26. The Balaban J connectivity index is 3.30. The average Bonchev–Trinajstić information content (AvgIpc) is 2.38. The molecule has 0 aliphatic rings. The van der Waals surface area contributed by atoms with Crippen molar-refractivity contribution in [1.29, 1.82) is 5.26 Å². The fraction of sp³-hybridized carbons (Fsp3) is 0.333. The van der Waals surface area contributed by atoms with Crippen LogP contribution in [0.2, 0.25) is 0 Å². The van der Waals surface area contributed by atoms with Crippen molar-refractivity contribution < 1.29 is 19.2 Å². The average molecular weight is 264 g/mol. The number of methoxy groups -OCH3 is 1. The summed E-state index contributed by atoms with van der Waals surface area (Å²) in [5, 5.41) is 19.8. The van der Waals surface area contributed by atoms with E-state index >= 15 is 0 Å². The summed E-state index contributed by atoms with van der Waals surface area (Å²) in [5.41, 5.74) is -0.134. The molecular weight excluding hydrogens is 252 g/mol. The first-order chi connectivity index (χ1) is 9.03. The molecule has 0 bridgehead atoms. The second-order valence-electron chi connectivity index (χ2n) is 3.53. The molecule has 0 heterocycles. The number of esters is 1. The Hall–Kier alpha value is -2.62. The van der Waals surface area contributed by atoms with E-state index in [0.29, 0.717) is 0 Å². The number of nitro groups is 1. The van der Waals surface area contributed by atoms with E-state index < -0.39 is 10.9 Å². The molecule has 0 aliphatic carbocycles. The van der Waals surface area contributed by atoms with E-state index in [9.17, 15) is 14.9 Å². The Morgan fingerprint density at radius 3 is 2.68 bits per heavy atom. The predicted octanol–water partition coefficient (Wildman–Crippen LogP) is 1.58. The Morgan fingerprint density at radius 1 is 1.53 bits per heavy atom. The maximum absolute atomic E-state index is 11.4. The molecule has 1 aromatic rings. The van der Waals surface area contributed by atoms with Crippen molar-refractivity contribution in [3.63, 3.8) is 0 Å². The first-order valence-electron chi connectivity index (χ1n) is 5.44. The molecule has 0 aromatic heterocycles. The van der Waals surface area contributed by atoms with Crippen LogP contribution in [-0.4, -0.2) is 24.6 Å².